The van der Waals surface area contributed by atoms with Crippen LogP contribution in [0.5, 0.6) is 0 Å². The highest BCUT2D eigenvalue weighted by atomic mass is 79.9. The molecule has 4 rings (SSSR count). The van der Waals surface area contributed by atoms with Crippen LogP contribution in [0.25, 0.3) is 0 Å². The Kier molecular flexibility index (Phi) is 3.97. The fourth-order valence-electron chi connectivity index (χ4n) is 3.75. The predicted octanol–water partition coefficient (Wildman–Crippen LogP) is 2.40. The van der Waals surface area contributed by atoms with E-state index < -0.39 is 10.0 Å². The fourth-order valence-corrected chi connectivity index (χ4v) is 4.69. The highest BCUT2D eigenvalue weighted by molar-refractivity contribution is 9.10. The van der Waals surface area contributed by atoms with Gasteiger partial charge in [-0.25, -0.2) is 13.6 Å². The van der Waals surface area contributed by atoms with Gasteiger partial charge < -0.3 is 4.90 Å². The van der Waals surface area contributed by atoms with Gasteiger partial charge in [0.25, 0.3) is 0 Å². The number of hydrogen-bond acceptors (Lipinski definition) is 3. The average molecular weight is 421 g/mol. The Bertz CT molecular complexity index is 988. The first-order chi connectivity index (χ1) is 11.8. The predicted molar refractivity (Wildman–Crippen MR) is 98.9 cm³/mol. The quantitative estimate of drug-likeness (QED) is 0.809. The van der Waals surface area contributed by atoms with Crippen molar-refractivity contribution in [3.05, 3.63) is 57.6 Å². The number of amides is 1. The lowest BCUT2D eigenvalue weighted by Gasteiger charge is -2.21. The second kappa shape index (κ2) is 5.93. The Labute approximate surface area is 155 Å². The molecular weight excluding hydrogens is 404 g/mol. The molecule has 0 spiro atoms. The zero-order valence-electron chi connectivity index (χ0n) is 13.4. The third-order valence-electron chi connectivity index (χ3n) is 5.00. The Hall–Kier alpha value is -1.70. The molecule has 0 unspecified atom stereocenters. The molecule has 2 aliphatic rings. The number of sulfonamides is 1. The summed E-state index contributed by atoms with van der Waals surface area (Å²) in [4.78, 5) is 14.8. The van der Waals surface area contributed by atoms with E-state index in [0.717, 1.165) is 22.9 Å². The van der Waals surface area contributed by atoms with Crippen LogP contribution in [0.1, 0.15) is 16.7 Å². The number of carbonyl (C=O) groups excluding carboxylic acids is 1. The summed E-state index contributed by atoms with van der Waals surface area (Å²) >= 11 is 3.47. The maximum atomic E-state index is 13.1. The number of rotatable bonds is 2. The minimum atomic E-state index is -3.78. The maximum Gasteiger partial charge on any atom is 0.238 e. The van der Waals surface area contributed by atoms with Gasteiger partial charge in [0.2, 0.25) is 15.9 Å². The number of hydrogen-bond donors (Lipinski definition) is 1. The number of nitrogens with zero attached hydrogens (tertiary/aromatic N) is 1. The van der Waals surface area contributed by atoms with E-state index in [1.807, 2.05) is 6.07 Å². The zero-order valence-corrected chi connectivity index (χ0v) is 15.8. The molecule has 25 heavy (non-hydrogen) atoms. The lowest BCUT2D eigenvalue weighted by molar-refractivity contribution is -0.122. The highest BCUT2D eigenvalue weighted by Gasteiger charge is 2.34. The Balaban J connectivity index is 1.62. The number of nitrogens with two attached hydrogens (primary N) is 1. The molecule has 0 saturated heterocycles. The van der Waals surface area contributed by atoms with Crippen molar-refractivity contribution in [2.45, 2.75) is 24.2 Å². The molecule has 7 heteroatoms. The summed E-state index contributed by atoms with van der Waals surface area (Å²) in [6.45, 7) is 0.582. The summed E-state index contributed by atoms with van der Waals surface area (Å²) in [6, 6.07) is 10.9. The fraction of sp³-hybridized carbons (Fsp3) is 0.278. The molecule has 2 N–H and O–H groups in total. The number of halogens is 1. The first-order valence-electron chi connectivity index (χ1n) is 8.07. The minimum Gasteiger partial charge on any atom is -0.312 e. The van der Waals surface area contributed by atoms with Gasteiger partial charge in [0, 0.05) is 22.6 Å². The van der Waals surface area contributed by atoms with E-state index in [1.54, 1.807) is 11.0 Å². The largest absolute Gasteiger partial charge is 0.312 e. The molecule has 1 amide bonds. The van der Waals surface area contributed by atoms with Crippen molar-refractivity contribution in [3.63, 3.8) is 0 Å². The molecule has 1 aliphatic heterocycles. The second-order valence-electron chi connectivity index (χ2n) is 6.59. The van der Waals surface area contributed by atoms with E-state index in [-0.39, 0.29) is 16.7 Å². The standard InChI is InChI=1S/C18H17BrN2O3S/c19-15-3-1-12-7-14(8-13(12)9-15)18(22)21-6-5-11-2-4-16(10-17(11)21)25(20,23)24/h1-4,9-10,14H,5-8H2,(H2,20,23,24)/t14-/m1/s1. The van der Waals surface area contributed by atoms with Crippen molar-refractivity contribution >= 4 is 37.5 Å². The lowest BCUT2D eigenvalue weighted by atomic mass is 10.0. The van der Waals surface area contributed by atoms with Gasteiger partial charge in [-0.15, -0.1) is 0 Å². The molecule has 2 aromatic carbocycles. The summed E-state index contributed by atoms with van der Waals surface area (Å²) in [5, 5.41) is 5.23. The van der Waals surface area contributed by atoms with Gasteiger partial charge in [0.05, 0.1) is 4.90 Å². The molecule has 0 saturated carbocycles. The van der Waals surface area contributed by atoms with E-state index in [2.05, 4.69) is 28.1 Å². The molecule has 1 atom stereocenters. The van der Waals surface area contributed by atoms with E-state index >= 15 is 0 Å². The van der Waals surface area contributed by atoms with Gasteiger partial charge >= 0.3 is 0 Å². The molecule has 5 nitrogen and oxygen atoms in total. The summed E-state index contributed by atoms with van der Waals surface area (Å²) < 4.78 is 24.2. The third-order valence-corrected chi connectivity index (χ3v) is 6.40. The zero-order chi connectivity index (χ0) is 17.8. The smallest absolute Gasteiger partial charge is 0.238 e. The molecule has 0 aromatic heterocycles. The number of anilines is 1. The van der Waals surface area contributed by atoms with Crippen LogP contribution in [0.4, 0.5) is 5.69 Å². The van der Waals surface area contributed by atoms with Crippen LogP contribution in [0.3, 0.4) is 0 Å². The molecule has 1 heterocycles. The second-order valence-corrected chi connectivity index (χ2v) is 9.07. The summed E-state index contributed by atoms with van der Waals surface area (Å²) in [5.41, 5.74) is 4.07. The van der Waals surface area contributed by atoms with Gasteiger partial charge in [-0.2, -0.15) is 0 Å². The van der Waals surface area contributed by atoms with Crippen LogP contribution >= 0.6 is 15.9 Å². The SMILES string of the molecule is NS(=O)(=O)c1ccc2c(c1)N(C(=O)[C@@H]1Cc3ccc(Br)cc3C1)CC2. The molecular formula is C18H17BrN2O3S. The normalized spacial score (nSPS) is 19.0. The highest BCUT2D eigenvalue weighted by Crippen LogP contribution is 2.35. The van der Waals surface area contributed by atoms with Gasteiger partial charge in [-0.1, -0.05) is 28.1 Å². The lowest BCUT2D eigenvalue weighted by Crippen LogP contribution is -2.35. The van der Waals surface area contributed by atoms with Crippen molar-refractivity contribution in [1.82, 2.24) is 0 Å². The van der Waals surface area contributed by atoms with Gasteiger partial charge in [0.1, 0.15) is 0 Å². The van der Waals surface area contributed by atoms with E-state index in [4.69, 9.17) is 5.14 Å². The average Bonchev–Trinajstić information content (AvgIpc) is 3.16. The summed E-state index contributed by atoms with van der Waals surface area (Å²) in [5.74, 6) is -0.0500. The Morgan fingerprint density at radius 2 is 1.80 bits per heavy atom. The summed E-state index contributed by atoms with van der Waals surface area (Å²) in [7, 11) is -3.78. The number of primary sulfonamides is 1. The van der Waals surface area contributed by atoms with Gasteiger partial charge in [-0.05, 0) is 60.2 Å². The first-order valence-corrected chi connectivity index (χ1v) is 10.4. The van der Waals surface area contributed by atoms with Crippen molar-refractivity contribution in [1.29, 1.82) is 0 Å². The van der Waals surface area contributed by atoms with Gasteiger partial charge in [0.15, 0.2) is 0 Å². The molecule has 0 fully saturated rings. The minimum absolute atomic E-state index is 0.0459. The third kappa shape index (κ3) is 3.01. The van der Waals surface area contributed by atoms with Crippen LogP contribution in [-0.4, -0.2) is 20.9 Å². The van der Waals surface area contributed by atoms with Crippen LogP contribution in [0.2, 0.25) is 0 Å². The monoisotopic (exact) mass is 420 g/mol. The van der Waals surface area contributed by atoms with Crippen molar-refractivity contribution in [3.8, 4) is 0 Å². The number of carbonyl (C=O) groups is 1. The van der Waals surface area contributed by atoms with Crippen LogP contribution in [0, 0.1) is 5.92 Å². The molecule has 0 bridgehead atoms. The first kappa shape index (κ1) is 16.8. The molecule has 2 aromatic rings. The Morgan fingerprint density at radius 1 is 1.08 bits per heavy atom. The van der Waals surface area contributed by atoms with Gasteiger partial charge in [-0.3, -0.25) is 4.79 Å². The number of fused-ring (bicyclic) bond motifs is 2. The van der Waals surface area contributed by atoms with Crippen molar-refractivity contribution < 1.29 is 13.2 Å². The van der Waals surface area contributed by atoms with Crippen LogP contribution in [-0.2, 0) is 34.1 Å². The molecule has 130 valence electrons. The van der Waals surface area contributed by atoms with E-state index in [1.165, 1.54) is 23.3 Å². The van der Waals surface area contributed by atoms with Crippen LogP contribution < -0.4 is 10.0 Å². The van der Waals surface area contributed by atoms with E-state index in [0.29, 0.717) is 18.7 Å². The van der Waals surface area contributed by atoms with E-state index in [9.17, 15) is 13.2 Å². The summed E-state index contributed by atoms with van der Waals surface area (Å²) in [6.07, 6.45) is 2.17. The van der Waals surface area contributed by atoms with Crippen LogP contribution in [0.15, 0.2) is 45.8 Å². The topological polar surface area (TPSA) is 80.5 Å². The maximum absolute atomic E-state index is 13.1. The Morgan fingerprint density at radius 3 is 2.56 bits per heavy atom. The van der Waals surface area contributed by atoms with Crippen molar-refractivity contribution in [2.75, 3.05) is 11.4 Å². The number of benzene rings is 2. The van der Waals surface area contributed by atoms with Crippen molar-refractivity contribution in [2.24, 2.45) is 11.1 Å². The molecule has 1 aliphatic carbocycles. The molecule has 0 radical (unpaired) electrons.